The summed E-state index contributed by atoms with van der Waals surface area (Å²) in [6, 6.07) is 7.69. The second-order valence-corrected chi connectivity index (χ2v) is 13.4. The first-order valence-corrected chi connectivity index (χ1v) is 16.5. The smallest absolute Gasteiger partial charge is 0.337 e. The molecule has 7 atom stereocenters. The van der Waals surface area contributed by atoms with Crippen LogP contribution in [0.2, 0.25) is 10.2 Å². The number of carbonyl (C=O) groups is 4. The van der Waals surface area contributed by atoms with Crippen LogP contribution in [0.3, 0.4) is 0 Å². The molecule has 258 valence electrons. The lowest BCUT2D eigenvalue weighted by atomic mass is 9.95. The number of hydrogen-bond acceptors (Lipinski definition) is 7. The highest BCUT2D eigenvalue weighted by Gasteiger charge is 2.37. The topological polar surface area (TPSA) is 161 Å². The van der Waals surface area contributed by atoms with Gasteiger partial charge >= 0.3 is 5.97 Å². The van der Waals surface area contributed by atoms with Crippen LogP contribution in [-0.4, -0.2) is 75.1 Å². The van der Waals surface area contributed by atoms with Crippen LogP contribution in [0.15, 0.2) is 54.1 Å². The van der Waals surface area contributed by atoms with Gasteiger partial charge in [0.2, 0.25) is 17.7 Å². The number of aromatic amines is 1. The van der Waals surface area contributed by atoms with Gasteiger partial charge in [0.15, 0.2) is 6.10 Å². The van der Waals surface area contributed by atoms with Gasteiger partial charge in [-0.2, -0.15) is 0 Å². The molecular formula is C35H42Cl2N4O7. The second kappa shape index (κ2) is 15.4. The Hall–Kier alpha value is -4.06. The van der Waals surface area contributed by atoms with Crippen molar-refractivity contribution >= 4 is 57.8 Å². The first kappa shape index (κ1) is 36.8. The Balaban J connectivity index is 1.81. The van der Waals surface area contributed by atoms with Crippen molar-refractivity contribution in [1.29, 1.82) is 0 Å². The lowest BCUT2D eigenvalue weighted by Gasteiger charge is -2.33. The number of phenols is 1. The highest BCUT2D eigenvalue weighted by atomic mass is 35.5. The number of halogens is 2. The number of benzene rings is 2. The van der Waals surface area contributed by atoms with E-state index in [1.54, 1.807) is 20.8 Å². The summed E-state index contributed by atoms with van der Waals surface area (Å²) in [7, 11) is 1.44. The number of para-hydroxylation sites is 1. The van der Waals surface area contributed by atoms with E-state index < -0.39 is 54.0 Å². The van der Waals surface area contributed by atoms with Crippen LogP contribution >= 0.6 is 23.2 Å². The van der Waals surface area contributed by atoms with E-state index in [2.05, 4.69) is 15.6 Å². The van der Waals surface area contributed by atoms with Gasteiger partial charge in [-0.05, 0) is 56.5 Å². The van der Waals surface area contributed by atoms with E-state index in [0.717, 1.165) is 16.5 Å². The Morgan fingerprint density at radius 3 is 2.35 bits per heavy atom. The van der Waals surface area contributed by atoms with Crippen LogP contribution in [0.4, 0.5) is 0 Å². The van der Waals surface area contributed by atoms with E-state index in [-0.39, 0.29) is 39.7 Å². The summed E-state index contributed by atoms with van der Waals surface area (Å²) in [4.78, 5) is 59.0. The Morgan fingerprint density at radius 1 is 0.979 bits per heavy atom. The minimum atomic E-state index is -1.90. The number of ether oxygens (including phenoxy) is 1. The number of carbonyl (C=O) groups excluding carboxylic acids is 4. The Labute approximate surface area is 289 Å². The number of cyclic esters (lactones) is 1. The maximum atomic E-state index is 14.3. The minimum Gasteiger partial charge on any atom is -0.506 e. The number of likely N-dealkylation sites (N-methyl/N-ethyl adjacent to an activating group) is 1. The molecule has 0 aliphatic carbocycles. The molecule has 0 radical (unpaired) electrons. The molecule has 1 aliphatic rings. The maximum absolute atomic E-state index is 14.3. The van der Waals surface area contributed by atoms with Crippen molar-refractivity contribution in [3.05, 3.63) is 75.4 Å². The zero-order valence-corrected chi connectivity index (χ0v) is 29.2. The third-order valence-electron chi connectivity index (χ3n) is 8.86. The van der Waals surface area contributed by atoms with Crippen LogP contribution < -0.4 is 10.6 Å². The molecule has 0 spiro atoms. The number of rotatable bonds is 3. The predicted octanol–water partition coefficient (Wildman–Crippen LogP) is 4.83. The van der Waals surface area contributed by atoms with Gasteiger partial charge in [0.25, 0.3) is 0 Å². The number of hydrogen-bond donors (Lipinski definition) is 5. The average Bonchev–Trinajstić information content (AvgIpc) is 3.36. The molecule has 3 amide bonds. The van der Waals surface area contributed by atoms with Gasteiger partial charge in [0.05, 0.1) is 11.1 Å². The van der Waals surface area contributed by atoms with E-state index in [4.69, 9.17) is 27.9 Å². The fourth-order valence-corrected chi connectivity index (χ4v) is 6.35. The van der Waals surface area contributed by atoms with Crippen molar-refractivity contribution in [1.82, 2.24) is 20.5 Å². The van der Waals surface area contributed by atoms with Crippen LogP contribution in [-0.2, 0) is 30.3 Å². The van der Waals surface area contributed by atoms with Gasteiger partial charge in [-0.3, -0.25) is 14.4 Å². The SMILES string of the molecule is CC1=C[C@H](C)[C@@H](C)OC(=O)[C@@H](O)C(c2ccc(O)c(Cl)c2)NC(=O)[C@@H](Cc2c(Cl)[nH]c3ccccc23)N(C)C(=O)[C@H](C)NC(=O)[C@@H](C)C1. The maximum Gasteiger partial charge on any atom is 0.337 e. The average molecular weight is 702 g/mol. The summed E-state index contributed by atoms with van der Waals surface area (Å²) in [5.41, 5.74) is 2.37. The summed E-state index contributed by atoms with van der Waals surface area (Å²) in [5, 5.41) is 27.9. The molecule has 13 heteroatoms. The number of esters is 1. The lowest BCUT2D eigenvalue weighted by Crippen LogP contribution is -2.56. The van der Waals surface area contributed by atoms with Gasteiger partial charge in [-0.15, -0.1) is 0 Å². The highest BCUT2D eigenvalue weighted by Crippen LogP contribution is 2.31. The summed E-state index contributed by atoms with van der Waals surface area (Å²) in [5.74, 6) is -3.62. The molecule has 11 nitrogen and oxygen atoms in total. The molecule has 1 aromatic heterocycles. The van der Waals surface area contributed by atoms with Gasteiger partial charge in [-0.1, -0.05) is 73.0 Å². The fraction of sp³-hybridized carbons (Fsp3) is 0.429. The van der Waals surface area contributed by atoms with Crippen LogP contribution in [0.5, 0.6) is 5.75 Å². The predicted molar refractivity (Wildman–Crippen MR) is 183 cm³/mol. The third-order valence-corrected chi connectivity index (χ3v) is 9.48. The van der Waals surface area contributed by atoms with Crippen molar-refractivity contribution in [2.45, 2.75) is 77.8 Å². The molecule has 0 saturated carbocycles. The zero-order valence-electron chi connectivity index (χ0n) is 27.7. The molecule has 1 aliphatic heterocycles. The number of phenolic OH excluding ortho intramolecular Hbond substituents is 1. The molecule has 2 aromatic carbocycles. The van der Waals surface area contributed by atoms with Crippen molar-refractivity contribution < 1.29 is 34.1 Å². The van der Waals surface area contributed by atoms with Crippen molar-refractivity contribution in [3.8, 4) is 5.75 Å². The van der Waals surface area contributed by atoms with Gasteiger partial charge in [0.1, 0.15) is 29.1 Å². The van der Waals surface area contributed by atoms with Crippen molar-refractivity contribution in [2.24, 2.45) is 11.8 Å². The number of amides is 3. The lowest BCUT2D eigenvalue weighted by molar-refractivity contribution is -0.162. The number of H-pyrrole nitrogens is 1. The first-order valence-electron chi connectivity index (χ1n) is 15.8. The van der Waals surface area contributed by atoms with Crippen molar-refractivity contribution in [2.75, 3.05) is 7.05 Å². The standard InChI is InChI=1S/C35H42Cl2N4O7/c1-17-13-18(2)21(5)48-35(47)30(43)29(22-11-12-28(42)25(36)15-22)40-33(45)27(16-24-23-9-7-8-10-26(23)39-31(24)37)41(6)34(46)20(4)38-32(44)19(3)14-17/h7-13,15,18-21,27,29-30,39,42-43H,14,16H2,1-6H3,(H,38,44)(H,40,45)/t18-,19-,20-,21+,27+,29?,30-/m0/s1. The third kappa shape index (κ3) is 8.32. The largest absolute Gasteiger partial charge is 0.506 e. The molecule has 3 aromatic rings. The second-order valence-electron chi connectivity index (χ2n) is 12.6. The Morgan fingerprint density at radius 2 is 1.67 bits per heavy atom. The number of allylic oxidation sites excluding steroid dienone is 1. The fourth-order valence-electron chi connectivity index (χ4n) is 5.88. The zero-order chi connectivity index (χ0) is 35.4. The number of fused-ring (bicyclic) bond motifs is 1. The number of aromatic hydroxyl groups is 1. The molecule has 1 unspecified atom stereocenters. The number of aromatic nitrogens is 1. The molecule has 0 bridgehead atoms. The summed E-state index contributed by atoms with van der Waals surface area (Å²) in [6.07, 6.45) is -0.353. The number of aliphatic hydroxyl groups is 1. The summed E-state index contributed by atoms with van der Waals surface area (Å²) >= 11 is 12.8. The van der Waals surface area contributed by atoms with Gasteiger partial charge < -0.3 is 35.5 Å². The van der Waals surface area contributed by atoms with Crippen LogP contribution in [0.1, 0.15) is 58.2 Å². The van der Waals surface area contributed by atoms with Crippen LogP contribution in [0.25, 0.3) is 10.9 Å². The minimum absolute atomic E-state index is 0.0594. The number of aliphatic hydroxyl groups excluding tert-OH is 1. The molecular weight excluding hydrogens is 659 g/mol. The molecule has 4 rings (SSSR count). The number of nitrogens with zero attached hydrogens (tertiary/aromatic N) is 1. The molecule has 2 heterocycles. The van der Waals surface area contributed by atoms with E-state index in [9.17, 15) is 29.4 Å². The normalized spacial score (nSPS) is 27.1. The van der Waals surface area contributed by atoms with Crippen LogP contribution in [0, 0.1) is 11.8 Å². The van der Waals surface area contributed by atoms with E-state index in [1.165, 1.54) is 30.1 Å². The Bertz CT molecular complexity index is 1720. The monoisotopic (exact) mass is 700 g/mol. The molecule has 48 heavy (non-hydrogen) atoms. The molecule has 0 saturated heterocycles. The summed E-state index contributed by atoms with van der Waals surface area (Å²) in [6.45, 7) is 8.68. The number of nitrogens with one attached hydrogen (secondary N) is 3. The highest BCUT2D eigenvalue weighted by molar-refractivity contribution is 6.32. The Kier molecular flexibility index (Phi) is 11.8. The van der Waals surface area contributed by atoms with Gasteiger partial charge in [0, 0.05) is 36.2 Å². The quantitative estimate of drug-likeness (QED) is 0.193. The van der Waals surface area contributed by atoms with E-state index in [0.29, 0.717) is 12.0 Å². The van der Waals surface area contributed by atoms with E-state index >= 15 is 0 Å². The first-order chi connectivity index (χ1) is 22.6. The molecule has 0 fully saturated rings. The van der Waals surface area contributed by atoms with Gasteiger partial charge in [-0.25, -0.2) is 4.79 Å². The molecule has 5 N–H and O–H groups in total. The summed E-state index contributed by atoms with van der Waals surface area (Å²) < 4.78 is 5.65. The van der Waals surface area contributed by atoms with Crippen molar-refractivity contribution in [3.63, 3.8) is 0 Å². The van der Waals surface area contributed by atoms with E-state index in [1.807, 2.05) is 44.2 Å².